The summed E-state index contributed by atoms with van der Waals surface area (Å²) in [6, 6.07) is 4.01. The predicted octanol–water partition coefficient (Wildman–Crippen LogP) is 1.30. The topological polar surface area (TPSA) is 171 Å². The highest BCUT2D eigenvalue weighted by atomic mass is 35.5. The van der Waals surface area contributed by atoms with Crippen molar-refractivity contribution in [3.05, 3.63) is 44.7 Å². The summed E-state index contributed by atoms with van der Waals surface area (Å²) in [5, 5.41) is 3.32. The second kappa shape index (κ2) is 9.05. The fourth-order valence-corrected chi connectivity index (χ4v) is 2.73. The van der Waals surface area contributed by atoms with Crippen LogP contribution in [-0.2, 0) is 17.8 Å². The molecule has 1 heterocycles. The highest BCUT2D eigenvalue weighted by molar-refractivity contribution is 6.35. The highest BCUT2D eigenvalue weighted by Gasteiger charge is 2.19. The lowest BCUT2D eigenvalue weighted by molar-refractivity contribution is -0.117. The van der Waals surface area contributed by atoms with Gasteiger partial charge in [0, 0.05) is 10.0 Å². The summed E-state index contributed by atoms with van der Waals surface area (Å²) in [6.07, 6.45) is 0.185. The molecule has 27 heavy (non-hydrogen) atoms. The smallest absolute Gasteiger partial charge is 0.242 e. The molecule has 0 spiro atoms. The lowest BCUT2D eigenvalue weighted by atomic mass is 10.1. The van der Waals surface area contributed by atoms with Gasteiger partial charge in [-0.1, -0.05) is 40.9 Å². The van der Waals surface area contributed by atoms with E-state index in [1.54, 1.807) is 18.2 Å². The number of amides is 1. The van der Waals surface area contributed by atoms with Crippen LogP contribution in [0.15, 0.2) is 23.2 Å². The summed E-state index contributed by atoms with van der Waals surface area (Å²) in [6.45, 7) is 0.00366. The van der Waals surface area contributed by atoms with Crippen molar-refractivity contribution in [3.63, 3.8) is 0 Å². The van der Waals surface area contributed by atoms with E-state index >= 15 is 0 Å². The molecule has 0 aliphatic rings. The Balaban J connectivity index is 2.10. The number of hydrogen-bond donors (Lipinski definition) is 5. The number of aliphatic imine (C=N–C) groups is 1. The van der Waals surface area contributed by atoms with Crippen LogP contribution in [0, 0.1) is 0 Å². The highest BCUT2D eigenvalue weighted by Crippen LogP contribution is 2.23. The molecule has 9 N–H and O–H groups in total. The number of nitrogens with two attached hydrogens (primary N) is 4. The first-order valence-corrected chi connectivity index (χ1v) is 8.68. The average molecular weight is 432 g/mol. The van der Waals surface area contributed by atoms with E-state index in [1.165, 1.54) is 0 Å². The van der Waals surface area contributed by atoms with E-state index in [-0.39, 0.29) is 41.4 Å². The Morgan fingerprint density at radius 3 is 2.56 bits per heavy atom. The fourth-order valence-electron chi connectivity index (χ4n) is 2.05. The summed E-state index contributed by atoms with van der Waals surface area (Å²) in [5.41, 5.74) is 23.2. The molecule has 0 fully saturated rings. The van der Waals surface area contributed by atoms with Crippen LogP contribution < -0.4 is 28.3 Å². The van der Waals surface area contributed by atoms with E-state index in [9.17, 15) is 4.79 Å². The number of halogens is 3. The quantitative estimate of drug-likeness (QED) is 0.338. The summed E-state index contributed by atoms with van der Waals surface area (Å²) in [4.78, 5) is 24.2. The van der Waals surface area contributed by atoms with Gasteiger partial charge in [0.2, 0.25) is 5.91 Å². The van der Waals surface area contributed by atoms with Crippen LogP contribution in [0.1, 0.15) is 11.3 Å². The van der Waals surface area contributed by atoms with Crippen molar-refractivity contribution in [2.75, 3.05) is 11.1 Å². The van der Waals surface area contributed by atoms with E-state index in [2.05, 4.69) is 20.3 Å². The molecule has 144 valence electrons. The van der Waals surface area contributed by atoms with Gasteiger partial charge in [0.15, 0.2) is 16.9 Å². The van der Waals surface area contributed by atoms with Crippen molar-refractivity contribution in [3.8, 4) is 0 Å². The molecule has 2 aromatic rings. The molecule has 1 atom stereocenters. The van der Waals surface area contributed by atoms with E-state index < -0.39 is 11.9 Å². The van der Waals surface area contributed by atoms with Crippen LogP contribution in [0.3, 0.4) is 0 Å². The Bertz CT molecular complexity index is 886. The van der Waals surface area contributed by atoms with Gasteiger partial charge in [0.05, 0.1) is 12.6 Å². The lowest BCUT2D eigenvalue weighted by Gasteiger charge is -2.14. The summed E-state index contributed by atoms with van der Waals surface area (Å²) < 4.78 is 0. The Labute approximate surface area is 170 Å². The van der Waals surface area contributed by atoms with Gasteiger partial charge in [-0.25, -0.2) is 15.0 Å². The van der Waals surface area contributed by atoms with Gasteiger partial charge in [0.1, 0.15) is 11.5 Å². The minimum absolute atomic E-state index is 0.00366. The average Bonchev–Trinajstić information content (AvgIpc) is 2.58. The van der Waals surface area contributed by atoms with E-state index in [4.69, 9.17) is 57.7 Å². The van der Waals surface area contributed by atoms with Gasteiger partial charge in [-0.15, -0.1) is 0 Å². The second-order valence-electron chi connectivity index (χ2n) is 5.47. The number of anilines is 2. The first-order chi connectivity index (χ1) is 12.7. The summed E-state index contributed by atoms with van der Waals surface area (Å²) in [7, 11) is 0. The Kier molecular flexibility index (Phi) is 7.03. The molecular weight excluding hydrogens is 415 g/mol. The number of nitrogen functional groups attached to an aromatic ring is 1. The van der Waals surface area contributed by atoms with Crippen LogP contribution in [0.2, 0.25) is 15.2 Å². The second-order valence-corrected chi connectivity index (χ2v) is 6.67. The molecule has 0 saturated carbocycles. The zero-order chi connectivity index (χ0) is 20.1. The monoisotopic (exact) mass is 430 g/mol. The number of rotatable bonds is 6. The number of benzene rings is 1. The Hall–Kier alpha value is -2.33. The maximum Gasteiger partial charge on any atom is 0.242 e. The number of carbonyl (C=O) groups excluding carboxylic acids is 1. The minimum atomic E-state index is -0.913. The minimum Gasteiger partial charge on any atom is -0.382 e. The van der Waals surface area contributed by atoms with Crippen molar-refractivity contribution in [1.82, 2.24) is 9.97 Å². The van der Waals surface area contributed by atoms with Crippen molar-refractivity contribution in [1.29, 1.82) is 0 Å². The number of nitrogens with zero attached hydrogens (tertiary/aromatic N) is 3. The zero-order valence-corrected chi connectivity index (χ0v) is 16.2. The van der Waals surface area contributed by atoms with E-state index in [1.807, 2.05) is 0 Å². The first-order valence-electron chi connectivity index (χ1n) is 7.55. The molecule has 1 aromatic heterocycles. The van der Waals surface area contributed by atoms with Gasteiger partial charge < -0.3 is 28.3 Å². The fraction of sp³-hybridized carbons (Fsp3) is 0.200. The third kappa shape index (κ3) is 5.83. The molecule has 0 aliphatic heterocycles. The lowest BCUT2D eigenvalue weighted by Crippen LogP contribution is -2.38. The molecule has 1 amide bonds. The van der Waals surface area contributed by atoms with E-state index in [0.717, 1.165) is 0 Å². The molecule has 12 heteroatoms. The number of hydrogen-bond acceptors (Lipinski definition) is 6. The van der Waals surface area contributed by atoms with Crippen molar-refractivity contribution in [2.24, 2.45) is 22.2 Å². The van der Waals surface area contributed by atoms with Gasteiger partial charge in [-0.3, -0.25) is 4.79 Å². The van der Waals surface area contributed by atoms with E-state index in [0.29, 0.717) is 15.6 Å². The largest absolute Gasteiger partial charge is 0.382 e. The molecule has 0 radical (unpaired) electrons. The number of nitrogens with one attached hydrogen (secondary N) is 1. The third-order valence-electron chi connectivity index (χ3n) is 3.40. The third-order valence-corrected chi connectivity index (χ3v) is 4.25. The predicted molar refractivity (Wildman–Crippen MR) is 108 cm³/mol. The van der Waals surface area contributed by atoms with Crippen LogP contribution >= 0.6 is 34.8 Å². The van der Waals surface area contributed by atoms with Crippen molar-refractivity contribution >= 4 is 58.3 Å². The molecule has 9 nitrogen and oxygen atoms in total. The van der Waals surface area contributed by atoms with Crippen molar-refractivity contribution in [2.45, 2.75) is 19.0 Å². The number of aromatic nitrogens is 2. The van der Waals surface area contributed by atoms with Gasteiger partial charge >= 0.3 is 0 Å². The van der Waals surface area contributed by atoms with Crippen LogP contribution in [-0.4, -0.2) is 27.9 Å². The van der Waals surface area contributed by atoms with Gasteiger partial charge in [-0.05, 0) is 24.1 Å². The Morgan fingerprint density at radius 1 is 1.22 bits per heavy atom. The number of carbonyl (C=O) groups is 1. The summed E-state index contributed by atoms with van der Waals surface area (Å²) in [5.74, 6) is -0.663. The zero-order valence-electron chi connectivity index (χ0n) is 13.9. The number of guanidine groups is 1. The standard InChI is InChI=1S/C15H17Cl3N8O/c16-7-2-1-6(8(17)4-7)3-9(19)14(27)26-13-11(18)24-10(12(20)25-13)5-23-15(21)22/h1-2,4,9H,3,5,19H2,(H4,21,22,23)(H3,20,25,26,27). The van der Waals surface area contributed by atoms with Crippen LogP contribution in [0.4, 0.5) is 11.6 Å². The van der Waals surface area contributed by atoms with Gasteiger partial charge in [-0.2, -0.15) is 0 Å². The maximum atomic E-state index is 12.3. The van der Waals surface area contributed by atoms with Crippen molar-refractivity contribution < 1.29 is 4.79 Å². The molecule has 0 bridgehead atoms. The maximum absolute atomic E-state index is 12.3. The SMILES string of the molecule is NC(N)=NCc1nc(Cl)c(NC(=O)C(N)Cc2ccc(Cl)cc2Cl)nc1N. The molecule has 0 aliphatic carbocycles. The van der Waals surface area contributed by atoms with Crippen LogP contribution in [0.5, 0.6) is 0 Å². The van der Waals surface area contributed by atoms with Gasteiger partial charge in [0.25, 0.3) is 0 Å². The summed E-state index contributed by atoms with van der Waals surface area (Å²) >= 11 is 18.0. The van der Waals surface area contributed by atoms with Crippen LogP contribution in [0.25, 0.3) is 0 Å². The first kappa shape index (κ1) is 21.0. The Morgan fingerprint density at radius 2 is 1.93 bits per heavy atom. The molecular formula is C15H17Cl3N8O. The normalized spacial score (nSPS) is 11.7. The molecule has 1 aromatic carbocycles. The molecule has 2 rings (SSSR count). The molecule has 0 saturated heterocycles. The molecule has 1 unspecified atom stereocenters.